The van der Waals surface area contributed by atoms with E-state index in [0.29, 0.717) is 11.3 Å². The van der Waals surface area contributed by atoms with E-state index in [9.17, 15) is 14.9 Å². The van der Waals surface area contributed by atoms with Gasteiger partial charge in [0.15, 0.2) is 5.69 Å². The van der Waals surface area contributed by atoms with Crippen molar-refractivity contribution in [3.8, 4) is 11.8 Å². The maximum atomic E-state index is 12.1. The number of ether oxygens (including phenoxy) is 2. The predicted molar refractivity (Wildman–Crippen MR) is 86.6 cm³/mol. The maximum absolute atomic E-state index is 12.1. The molecule has 2 aromatic rings. The number of carbonyl (C=O) groups excluding carboxylic acids is 2. The Morgan fingerprint density at radius 2 is 2.04 bits per heavy atom. The van der Waals surface area contributed by atoms with Gasteiger partial charge in [-0.1, -0.05) is 18.2 Å². The van der Waals surface area contributed by atoms with E-state index in [1.165, 1.54) is 17.9 Å². The normalized spacial score (nSPS) is 10.0. The Kier molecular flexibility index (Phi) is 5.22. The van der Waals surface area contributed by atoms with Crippen molar-refractivity contribution >= 4 is 17.6 Å². The standard InChI is InChI=1S/C17H17N3O4/c1-3-24-14(21)8-11-6-4-5-7-13(11)20-10-12(9-18)15(19)16(20)17(22)23-2/h4-7,10H,3,8,19H2,1-2H3. The lowest BCUT2D eigenvalue weighted by Gasteiger charge is -2.13. The highest BCUT2D eigenvalue weighted by molar-refractivity contribution is 5.96. The molecular formula is C17H17N3O4. The lowest BCUT2D eigenvalue weighted by Crippen LogP contribution is -2.14. The summed E-state index contributed by atoms with van der Waals surface area (Å²) in [6, 6.07) is 8.94. The number of carbonyl (C=O) groups is 2. The number of hydrogen-bond donors (Lipinski definition) is 1. The molecule has 0 radical (unpaired) electrons. The first-order valence-corrected chi connectivity index (χ1v) is 7.26. The second-order valence-electron chi connectivity index (χ2n) is 4.89. The summed E-state index contributed by atoms with van der Waals surface area (Å²) in [5, 5.41) is 9.17. The molecule has 0 amide bonds. The molecular weight excluding hydrogens is 310 g/mol. The maximum Gasteiger partial charge on any atom is 0.357 e. The van der Waals surface area contributed by atoms with E-state index in [1.54, 1.807) is 31.2 Å². The van der Waals surface area contributed by atoms with Crippen LogP contribution in [0.2, 0.25) is 0 Å². The van der Waals surface area contributed by atoms with Crippen molar-refractivity contribution in [1.29, 1.82) is 5.26 Å². The molecule has 0 atom stereocenters. The van der Waals surface area contributed by atoms with Gasteiger partial charge in [0.1, 0.15) is 6.07 Å². The van der Waals surface area contributed by atoms with Crippen LogP contribution in [0.1, 0.15) is 28.5 Å². The zero-order valence-electron chi connectivity index (χ0n) is 13.4. The van der Waals surface area contributed by atoms with Crippen molar-refractivity contribution in [2.45, 2.75) is 13.3 Å². The second-order valence-corrected chi connectivity index (χ2v) is 4.89. The lowest BCUT2D eigenvalue weighted by atomic mass is 10.1. The lowest BCUT2D eigenvalue weighted by molar-refractivity contribution is -0.142. The van der Waals surface area contributed by atoms with Gasteiger partial charge in [-0.2, -0.15) is 5.26 Å². The van der Waals surface area contributed by atoms with Crippen molar-refractivity contribution in [3.63, 3.8) is 0 Å². The highest BCUT2D eigenvalue weighted by atomic mass is 16.5. The van der Waals surface area contributed by atoms with Gasteiger partial charge in [-0.05, 0) is 18.6 Å². The topological polar surface area (TPSA) is 107 Å². The number of methoxy groups -OCH3 is 1. The molecule has 2 rings (SSSR count). The molecule has 0 aliphatic rings. The average molecular weight is 327 g/mol. The highest BCUT2D eigenvalue weighted by Gasteiger charge is 2.23. The summed E-state index contributed by atoms with van der Waals surface area (Å²) in [7, 11) is 1.23. The molecule has 7 heteroatoms. The van der Waals surface area contributed by atoms with Crippen molar-refractivity contribution < 1.29 is 19.1 Å². The number of nitriles is 1. The predicted octanol–water partition coefficient (Wildman–Crippen LogP) is 1.82. The number of rotatable bonds is 5. The number of nitrogens with zero attached hydrogens (tertiary/aromatic N) is 2. The van der Waals surface area contributed by atoms with E-state index in [0.717, 1.165) is 0 Å². The molecule has 0 aliphatic heterocycles. The van der Waals surface area contributed by atoms with Gasteiger partial charge in [0.25, 0.3) is 0 Å². The first kappa shape index (κ1) is 17.1. The monoisotopic (exact) mass is 327 g/mol. The largest absolute Gasteiger partial charge is 0.466 e. The molecule has 124 valence electrons. The fourth-order valence-electron chi connectivity index (χ4n) is 2.37. The number of anilines is 1. The Labute approximate surface area is 139 Å². The van der Waals surface area contributed by atoms with Gasteiger partial charge in [-0.3, -0.25) is 4.79 Å². The SMILES string of the molecule is CCOC(=O)Cc1ccccc1-n1cc(C#N)c(N)c1C(=O)OC. The molecule has 1 heterocycles. The average Bonchev–Trinajstić information content (AvgIpc) is 2.91. The van der Waals surface area contributed by atoms with Gasteiger partial charge < -0.3 is 19.8 Å². The molecule has 2 N–H and O–H groups in total. The zero-order chi connectivity index (χ0) is 17.7. The molecule has 0 saturated carbocycles. The van der Waals surface area contributed by atoms with E-state index in [4.69, 9.17) is 15.2 Å². The molecule has 0 fully saturated rings. The van der Waals surface area contributed by atoms with Crippen molar-refractivity contribution in [3.05, 3.63) is 47.3 Å². The Balaban J connectivity index is 2.59. The fraction of sp³-hybridized carbons (Fsp3) is 0.235. The fourth-order valence-corrected chi connectivity index (χ4v) is 2.37. The van der Waals surface area contributed by atoms with Gasteiger partial charge in [-0.15, -0.1) is 0 Å². The Morgan fingerprint density at radius 1 is 1.33 bits per heavy atom. The van der Waals surface area contributed by atoms with E-state index in [-0.39, 0.29) is 35.9 Å². The number of benzene rings is 1. The molecule has 1 aromatic carbocycles. The Morgan fingerprint density at radius 3 is 2.67 bits per heavy atom. The summed E-state index contributed by atoms with van der Waals surface area (Å²) >= 11 is 0. The zero-order valence-corrected chi connectivity index (χ0v) is 13.4. The number of nitrogen functional groups attached to an aromatic ring is 1. The molecule has 1 aromatic heterocycles. The smallest absolute Gasteiger partial charge is 0.357 e. The first-order valence-electron chi connectivity index (χ1n) is 7.26. The van der Waals surface area contributed by atoms with Gasteiger partial charge in [0.2, 0.25) is 0 Å². The van der Waals surface area contributed by atoms with Gasteiger partial charge >= 0.3 is 11.9 Å². The van der Waals surface area contributed by atoms with E-state index >= 15 is 0 Å². The molecule has 0 aliphatic carbocycles. The van der Waals surface area contributed by atoms with E-state index in [2.05, 4.69) is 0 Å². The first-order chi connectivity index (χ1) is 11.5. The van der Waals surface area contributed by atoms with Crippen LogP contribution in [0.3, 0.4) is 0 Å². The number of hydrogen-bond acceptors (Lipinski definition) is 6. The van der Waals surface area contributed by atoms with E-state index in [1.807, 2.05) is 6.07 Å². The Hall–Kier alpha value is -3.27. The molecule has 0 saturated heterocycles. The summed E-state index contributed by atoms with van der Waals surface area (Å²) < 4.78 is 11.2. The molecule has 24 heavy (non-hydrogen) atoms. The summed E-state index contributed by atoms with van der Waals surface area (Å²) in [6.07, 6.45) is 1.48. The number of nitrogens with two attached hydrogens (primary N) is 1. The number of aromatic nitrogens is 1. The minimum atomic E-state index is -0.667. The van der Waals surface area contributed by atoms with Gasteiger partial charge in [0, 0.05) is 11.9 Å². The van der Waals surface area contributed by atoms with Crippen LogP contribution in [0.4, 0.5) is 5.69 Å². The van der Waals surface area contributed by atoms with E-state index < -0.39 is 5.97 Å². The summed E-state index contributed by atoms with van der Waals surface area (Å²) in [5.41, 5.74) is 7.32. The quantitative estimate of drug-likeness (QED) is 0.839. The van der Waals surface area contributed by atoms with Gasteiger partial charge in [-0.25, -0.2) is 4.79 Å². The van der Waals surface area contributed by atoms with Crippen LogP contribution in [-0.2, 0) is 20.7 Å². The third-order valence-corrected chi connectivity index (χ3v) is 3.43. The van der Waals surface area contributed by atoms with Crippen molar-refractivity contribution in [1.82, 2.24) is 4.57 Å². The van der Waals surface area contributed by atoms with Crippen LogP contribution < -0.4 is 5.73 Å². The van der Waals surface area contributed by atoms with Crippen LogP contribution in [0.15, 0.2) is 30.5 Å². The minimum absolute atomic E-state index is 0.0323. The van der Waals surface area contributed by atoms with Crippen LogP contribution in [0, 0.1) is 11.3 Å². The van der Waals surface area contributed by atoms with Gasteiger partial charge in [0.05, 0.1) is 31.4 Å². The highest BCUT2D eigenvalue weighted by Crippen LogP contribution is 2.26. The van der Waals surface area contributed by atoms with Crippen LogP contribution in [0.5, 0.6) is 0 Å². The summed E-state index contributed by atoms with van der Waals surface area (Å²) in [5.74, 6) is -1.05. The number of esters is 2. The van der Waals surface area contributed by atoms with Crippen LogP contribution in [0.25, 0.3) is 5.69 Å². The minimum Gasteiger partial charge on any atom is -0.466 e. The summed E-state index contributed by atoms with van der Waals surface area (Å²) in [4.78, 5) is 23.9. The third kappa shape index (κ3) is 3.22. The molecule has 0 bridgehead atoms. The Bertz CT molecular complexity index is 818. The number of para-hydroxylation sites is 1. The van der Waals surface area contributed by atoms with Crippen LogP contribution in [-0.4, -0.2) is 30.2 Å². The molecule has 7 nitrogen and oxygen atoms in total. The molecule has 0 spiro atoms. The second kappa shape index (κ2) is 7.33. The molecule has 0 unspecified atom stereocenters. The van der Waals surface area contributed by atoms with Crippen molar-refractivity contribution in [2.24, 2.45) is 0 Å². The summed E-state index contributed by atoms with van der Waals surface area (Å²) in [6.45, 7) is 2.01. The van der Waals surface area contributed by atoms with Crippen molar-refractivity contribution in [2.75, 3.05) is 19.5 Å². The third-order valence-electron chi connectivity index (χ3n) is 3.43. The van der Waals surface area contributed by atoms with Crippen LogP contribution >= 0.6 is 0 Å².